The zero-order chi connectivity index (χ0) is 19.9. The molecule has 2 aromatic carbocycles. The van der Waals surface area contributed by atoms with E-state index in [0.29, 0.717) is 17.2 Å². The Hall–Kier alpha value is -3.38. The predicted octanol–water partition coefficient (Wildman–Crippen LogP) is 5.15. The van der Waals surface area contributed by atoms with Gasteiger partial charge in [-0.25, -0.2) is 4.98 Å². The van der Waals surface area contributed by atoms with Gasteiger partial charge in [-0.15, -0.1) is 0 Å². The third kappa shape index (κ3) is 4.66. The van der Waals surface area contributed by atoms with Crippen molar-refractivity contribution in [3.05, 3.63) is 83.1 Å². The number of hydrogen-bond acceptors (Lipinski definition) is 5. The van der Waals surface area contributed by atoms with Crippen LogP contribution in [0.2, 0.25) is 5.15 Å². The van der Waals surface area contributed by atoms with Crippen molar-refractivity contribution in [1.29, 1.82) is 0 Å². The molecule has 6 nitrogen and oxygen atoms in total. The zero-order valence-corrected chi connectivity index (χ0v) is 16.1. The number of nitrogens with one attached hydrogen (secondary N) is 1. The van der Waals surface area contributed by atoms with Gasteiger partial charge in [0.05, 0.1) is 17.0 Å². The summed E-state index contributed by atoms with van der Waals surface area (Å²) in [5.41, 5.74) is 2.49. The lowest BCUT2D eigenvalue weighted by Crippen LogP contribution is -2.13. The minimum atomic E-state index is -0.365. The summed E-state index contributed by atoms with van der Waals surface area (Å²) >= 11 is 6.00. The van der Waals surface area contributed by atoms with Gasteiger partial charge in [0.25, 0.3) is 5.91 Å². The Labute approximate surface area is 167 Å². The molecule has 0 bridgehead atoms. The van der Waals surface area contributed by atoms with Crippen molar-refractivity contribution in [2.24, 2.45) is 5.16 Å². The van der Waals surface area contributed by atoms with E-state index in [0.717, 1.165) is 11.3 Å². The van der Waals surface area contributed by atoms with E-state index in [1.807, 2.05) is 37.3 Å². The standard InChI is InChI=1S/C21H18ClN3O3/c1-14(25-27-2)15-9-11-16(12-10-15)28-19-8-4-3-7-18(19)24-21(26)17-6-5-13-23-20(17)22/h3-13H,1-2H3,(H,24,26). The van der Waals surface area contributed by atoms with Crippen LogP contribution in [-0.2, 0) is 4.84 Å². The molecular formula is C21H18ClN3O3. The first-order valence-corrected chi connectivity index (χ1v) is 8.83. The molecule has 1 N–H and O–H groups in total. The van der Waals surface area contributed by atoms with Gasteiger partial charge in [-0.3, -0.25) is 4.79 Å². The van der Waals surface area contributed by atoms with Crippen molar-refractivity contribution in [3.8, 4) is 11.5 Å². The summed E-state index contributed by atoms with van der Waals surface area (Å²) in [7, 11) is 1.50. The Morgan fingerprint density at radius 3 is 2.54 bits per heavy atom. The molecule has 3 aromatic rings. The SMILES string of the molecule is CON=C(C)c1ccc(Oc2ccccc2NC(=O)c2cccnc2Cl)cc1. The average molecular weight is 396 g/mol. The highest BCUT2D eigenvalue weighted by Gasteiger charge is 2.13. The second kappa shape index (κ2) is 9.01. The Morgan fingerprint density at radius 1 is 1.07 bits per heavy atom. The van der Waals surface area contributed by atoms with Crippen molar-refractivity contribution in [3.63, 3.8) is 0 Å². The van der Waals surface area contributed by atoms with Crippen molar-refractivity contribution in [1.82, 2.24) is 4.98 Å². The van der Waals surface area contributed by atoms with E-state index in [2.05, 4.69) is 15.5 Å². The summed E-state index contributed by atoms with van der Waals surface area (Å²) < 4.78 is 5.94. The van der Waals surface area contributed by atoms with Gasteiger partial charge in [0.2, 0.25) is 0 Å². The fourth-order valence-electron chi connectivity index (χ4n) is 2.48. The zero-order valence-electron chi connectivity index (χ0n) is 15.3. The van der Waals surface area contributed by atoms with E-state index in [-0.39, 0.29) is 16.6 Å². The number of halogens is 1. The van der Waals surface area contributed by atoms with Gasteiger partial charge in [-0.2, -0.15) is 0 Å². The number of amides is 1. The highest BCUT2D eigenvalue weighted by Crippen LogP contribution is 2.30. The van der Waals surface area contributed by atoms with Gasteiger partial charge < -0.3 is 14.9 Å². The lowest BCUT2D eigenvalue weighted by atomic mass is 10.1. The van der Waals surface area contributed by atoms with Crippen LogP contribution in [0.15, 0.2) is 72.0 Å². The first-order chi connectivity index (χ1) is 13.6. The van der Waals surface area contributed by atoms with Gasteiger partial charge in [0.1, 0.15) is 18.0 Å². The Bertz CT molecular complexity index is 1000. The minimum Gasteiger partial charge on any atom is -0.455 e. The Morgan fingerprint density at radius 2 is 1.82 bits per heavy atom. The topological polar surface area (TPSA) is 72.8 Å². The van der Waals surface area contributed by atoms with Crippen molar-refractivity contribution < 1.29 is 14.4 Å². The molecule has 0 saturated heterocycles. The predicted molar refractivity (Wildman–Crippen MR) is 109 cm³/mol. The summed E-state index contributed by atoms with van der Waals surface area (Å²) in [4.78, 5) is 21.2. The summed E-state index contributed by atoms with van der Waals surface area (Å²) in [6.07, 6.45) is 1.53. The fourth-order valence-corrected chi connectivity index (χ4v) is 2.69. The highest BCUT2D eigenvalue weighted by atomic mass is 35.5. The maximum Gasteiger partial charge on any atom is 0.258 e. The summed E-state index contributed by atoms with van der Waals surface area (Å²) in [5, 5.41) is 6.85. The van der Waals surface area contributed by atoms with Crippen LogP contribution in [0.25, 0.3) is 0 Å². The molecule has 0 saturated carbocycles. The smallest absolute Gasteiger partial charge is 0.258 e. The number of benzene rings is 2. The van der Waals surface area contributed by atoms with Gasteiger partial charge in [-0.05, 0) is 61.0 Å². The quantitative estimate of drug-likeness (QED) is 0.356. The molecule has 7 heteroatoms. The van der Waals surface area contributed by atoms with Gasteiger partial charge in [0.15, 0.2) is 5.75 Å². The Balaban J connectivity index is 1.78. The number of pyridine rings is 1. The van der Waals surface area contributed by atoms with E-state index in [4.69, 9.17) is 21.2 Å². The van der Waals surface area contributed by atoms with Crippen molar-refractivity contribution >= 4 is 28.9 Å². The van der Waals surface area contributed by atoms with E-state index in [9.17, 15) is 4.79 Å². The summed E-state index contributed by atoms with van der Waals surface area (Å²) in [5.74, 6) is 0.761. The summed E-state index contributed by atoms with van der Waals surface area (Å²) in [6.45, 7) is 1.85. The van der Waals surface area contributed by atoms with Crippen LogP contribution in [0, 0.1) is 0 Å². The number of carbonyl (C=O) groups excluding carboxylic acids is 1. The normalized spacial score (nSPS) is 11.0. The molecule has 28 heavy (non-hydrogen) atoms. The third-order valence-electron chi connectivity index (χ3n) is 3.87. The number of carbonyl (C=O) groups is 1. The van der Waals surface area contributed by atoms with E-state index in [1.165, 1.54) is 13.3 Å². The van der Waals surface area contributed by atoms with Crippen LogP contribution < -0.4 is 10.1 Å². The number of nitrogens with zero attached hydrogens (tertiary/aromatic N) is 2. The molecule has 0 aliphatic rings. The number of para-hydroxylation sites is 2. The Kier molecular flexibility index (Phi) is 6.24. The maximum absolute atomic E-state index is 12.5. The lowest BCUT2D eigenvalue weighted by molar-refractivity contribution is 0.102. The number of anilines is 1. The molecule has 1 amide bonds. The highest BCUT2D eigenvalue weighted by molar-refractivity contribution is 6.33. The molecule has 1 heterocycles. The molecule has 0 unspecified atom stereocenters. The molecule has 0 aliphatic heterocycles. The second-order valence-electron chi connectivity index (χ2n) is 5.78. The molecule has 0 radical (unpaired) electrons. The maximum atomic E-state index is 12.5. The van der Waals surface area contributed by atoms with Crippen molar-refractivity contribution in [2.75, 3.05) is 12.4 Å². The number of rotatable bonds is 6. The first kappa shape index (κ1) is 19.4. The largest absolute Gasteiger partial charge is 0.455 e. The van der Waals surface area contributed by atoms with E-state index >= 15 is 0 Å². The van der Waals surface area contributed by atoms with Crippen LogP contribution in [0.4, 0.5) is 5.69 Å². The lowest BCUT2D eigenvalue weighted by Gasteiger charge is -2.13. The minimum absolute atomic E-state index is 0.141. The molecular weight excluding hydrogens is 378 g/mol. The second-order valence-corrected chi connectivity index (χ2v) is 6.14. The monoisotopic (exact) mass is 395 g/mol. The van der Waals surface area contributed by atoms with Crippen LogP contribution in [0.3, 0.4) is 0 Å². The number of hydrogen-bond donors (Lipinski definition) is 1. The molecule has 142 valence electrons. The van der Waals surface area contributed by atoms with Gasteiger partial charge in [-0.1, -0.05) is 28.9 Å². The first-order valence-electron chi connectivity index (χ1n) is 8.45. The average Bonchev–Trinajstić information content (AvgIpc) is 2.70. The van der Waals surface area contributed by atoms with Crippen LogP contribution in [0.5, 0.6) is 11.5 Å². The molecule has 0 spiro atoms. The molecule has 1 aromatic heterocycles. The number of aromatic nitrogens is 1. The molecule has 3 rings (SSSR count). The molecule has 0 aliphatic carbocycles. The number of ether oxygens (including phenoxy) is 1. The fraction of sp³-hybridized carbons (Fsp3) is 0.0952. The van der Waals surface area contributed by atoms with Crippen LogP contribution in [0.1, 0.15) is 22.8 Å². The van der Waals surface area contributed by atoms with E-state index in [1.54, 1.807) is 30.3 Å². The van der Waals surface area contributed by atoms with Crippen molar-refractivity contribution in [2.45, 2.75) is 6.92 Å². The van der Waals surface area contributed by atoms with E-state index < -0.39 is 0 Å². The molecule has 0 fully saturated rings. The third-order valence-corrected chi connectivity index (χ3v) is 4.17. The number of oxime groups is 1. The van der Waals surface area contributed by atoms with Gasteiger partial charge in [0, 0.05) is 6.20 Å². The van der Waals surface area contributed by atoms with Crippen LogP contribution in [-0.4, -0.2) is 23.7 Å². The van der Waals surface area contributed by atoms with Crippen LogP contribution >= 0.6 is 11.6 Å². The summed E-state index contributed by atoms with van der Waals surface area (Å²) in [6, 6.07) is 17.8. The van der Waals surface area contributed by atoms with Gasteiger partial charge >= 0.3 is 0 Å². The molecule has 0 atom stereocenters.